The monoisotopic (exact) mass is 288 g/mol. The van der Waals surface area contributed by atoms with E-state index in [1.807, 2.05) is 13.8 Å². The third-order valence-electron chi connectivity index (χ3n) is 2.23. The topological polar surface area (TPSA) is 48.0 Å². The average molecular weight is 289 g/mol. The predicted molar refractivity (Wildman–Crippen MR) is 69.1 cm³/mol. The summed E-state index contributed by atoms with van der Waals surface area (Å²) in [6.07, 6.45) is 1.77. The minimum atomic E-state index is -0.0289. The smallest absolute Gasteiger partial charge is 0.250 e. The van der Waals surface area contributed by atoms with Crippen molar-refractivity contribution in [2.24, 2.45) is 11.7 Å². The molecule has 1 atom stereocenters. The van der Waals surface area contributed by atoms with Crippen molar-refractivity contribution < 1.29 is 0 Å². The van der Waals surface area contributed by atoms with Gasteiger partial charge in [-0.25, -0.2) is 0 Å². The highest BCUT2D eigenvalue weighted by Crippen LogP contribution is 2.13. The number of hydrogen-bond acceptors (Lipinski definition) is 2. The molecule has 3 nitrogen and oxygen atoms in total. The van der Waals surface area contributed by atoms with E-state index in [1.165, 1.54) is 0 Å². The Balaban J connectivity index is 3.01. The van der Waals surface area contributed by atoms with E-state index in [-0.39, 0.29) is 11.5 Å². The quantitative estimate of drug-likeness (QED) is 0.864. The Labute approximate surface area is 102 Å². The van der Waals surface area contributed by atoms with Crippen LogP contribution in [0.3, 0.4) is 0 Å². The molecule has 0 aliphatic heterocycles. The van der Waals surface area contributed by atoms with Gasteiger partial charge in [-0.15, -0.1) is 0 Å². The molecule has 0 aliphatic carbocycles. The number of aromatic nitrogens is 1. The van der Waals surface area contributed by atoms with Gasteiger partial charge in [-0.1, -0.05) is 19.1 Å². The number of halogens is 1. The van der Waals surface area contributed by atoms with Crippen LogP contribution in [0.1, 0.15) is 12.5 Å². The molecule has 0 fully saturated rings. The lowest BCUT2D eigenvalue weighted by Gasteiger charge is -2.12. The number of aryl methyl sites for hydroxylation is 1. The van der Waals surface area contributed by atoms with Gasteiger partial charge in [0.2, 0.25) is 0 Å². The summed E-state index contributed by atoms with van der Waals surface area (Å²) in [6, 6.07) is 1.59. The van der Waals surface area contributed by atoms with Crippen molar-refractivity contribution in [3.8, 4) is 0 Å². The molecular formula is C10H13BrN2OS. The average Bonchev–Trinajstić information content (AvgIpc) is 2.13. The summed E-state index contributed by atoms with van der Waals surface area (Å²) in [6.45, 7) is 4.31. The minimum Gasteiger partial charge on any atom is -0.393 e. The van der Waals surface area contributed by atoms with Gasteiger partial charge in [0, 0.05) is 29.2 Å². The molecule has 5 heteroatoms. The van der Waals surface area contributed by atoms with E-state index < -0.39 is 0 Å². The van der Waals surface area contributed by atoms with Crippen LogP contribution in [-0.4, -0.2) is 9.56 Å². The third kappa shape index (κ3) is 3.14. The Morgan fingerprint density at radius 1 is 1.73 bits per heavy atom. The van der Waals surface area contributed by atoms with E-state index >= 15 is 0 Å². The van der Waals surface area contributed by atoms with Gasteiger partial charge in [-0.3, -0.25) is 4.79 Å². The van der Waals surface area contributed by atoms with E-state index in [0.717, 1.165) is 10.0 Å². The number of nitrogens with two attached hydrogens (primary N) is 1. The molecule has 0 amide bonds. The fourth-order valence-electron chi connectivity index (χ4n) is 1.17. The second-order valence-electron chi connectivity index (χ2n) is 3.60. The van der Waals surface area contributed by atoms with Crippen LogP contribution in [0.4, 0.5) is 0 Å². The lowest BCUT2D eigenvalue weighted by Crippen LogP contribution is -2.28. The third-order valence-corrected chi connectivity index (χ3v) is 3.46. The Bertz CT molecular complexity index is 442. The lowest BCUT2D eigenvalue weighted by atomic mass is 10.2. The maximum atomic E-state index is 11.6. The summed E-state index contributed by atoms with van der Waals surface area (Å²) in [5.74, 6) is 0.0207. The zero-order chi connectivity index (χ0) is 11.6. The normalized spacial score (nSPS) is 12.5. The summed E-state index contributed by atoms with van der Waals surface area (Å²) in [5.41, 5.74) is 6.41. The van der Waals surface area contributed by atoms with Crippen molar-refractivity contribution in [1.29, 1.82) is 0 Å². The molecule has 0 spiro atoms. The van der Waals surface area contributed by atoms with Crippen LogP contribution in [0, 0.1) is 12.8 Å². The SMILES string of the molecule is Cc1cc(=O)n(CC(C)C(N)=S)cc1Br. The number of nitrogens with zero attached hydrogens (tertiary/aromatic N) is 1. The maximum absolute atomic E-state index is 11.6. The molecule has 2 N–H and O–H groups in total. The predicted octanol–water partition coefficient (Wildman–Crippen LogP) is 1.84. The summed E-state index contributed by atoms with van der Waals surface area (Å²) in [4.78, 5) is 12.0. The van der Waals surface area contributed by atoms with Crippen molar-refractivity contribution in [3.63, 3.8) is 0 Å². The van der Waals surface area contributed by atoms with E-state index in [9.17, 15) is 4.79 Å². The van der Waals surface area contributed by atoms with Crippen molar-refractivity contribution in [2.75, 3.05) is 0 Å². The van der Waals surface area contributed by atoms with Crippen LogP contribution in [-0.2, 0) is 6.54 Å². The Morgan fingerprint density at radius 3 is 2.87 bits per heavy atom. The molecule has 1 unspecified atom stereocenters. The van der Waals surface area contributed by atoms with Crippen LogP contribution in [0.5, 0.6) is 0 Å². The zero-order valence-corrected chi connectivity index (χ0v) is 11.1. The molecule has 0 saturated carbocycles. The highest BCUT2D eigenvalue weighted by atomic mass is 79.9. The van der Waals surface area contributed by atoms with Crippen LogP contribution in [0.2, 0.25) is 0 Å². The van der Waals surface area contributed by atoms with E-state index in [0.29, 0.717) is 11.5 Å². The van der Waals surface area contributed by atoms with Gasteiger partial charge < -0.3 is 10.3 Å². The number of pyridine rings is 1. The molecule has 0 saturated heterocycles. The fourth-order valence-corrected chi connectivity index (χ4v) is 1.60. The zero-order valence-electron chi connectivity index (χ0n) is 8.66. The first-order valence-corrected chi connectivity index (χ1v) is 5.78. The van der Waals surface area contributed by atoms with E-state index in [2.05, 4.69) is 15.9 Å². The van der Waals surface area contributed by atoms with Crippen molar-refractivity contribution in [3.05, 3.63) is 32.7 Å². The number of rotatable bonds is 3. The largest absolute Gasteiger partial charge is 0.393 e. The fraction of sp³-hybridized carbons (Fsp3) is 0.400. The van der Waals surface area contributed by atoms with Gasteiger partial charge in [-0.2, -0.15) is 0 Å². The number of hydrogen-bond donors (Lipinski definition) is 1. The minimum absolute atomic E-state index is 0.0207. The summed E-state index contributed by atoms with van der Waals surface area (Å²) in [7, 11) is 0. The summed E-state index contributed by atoms with van der Waals surface area (Å²) >= 11 is 8.25. The van der Waals surface area contributed by atoms with Crippen molar-refractivity contribution in [2.45, 2.75) is 20.4 Å². The molecule has 0 aromatic carbocycles. The summed E-state index contributed by atoms with van der Waals surface area (Å²) in [5, 5.41) is 0. The standard InChI is InChI=1S/C10H13BrN2OS/c1-6-3-9(14)13(5-8(6)11)4-7(2)10(12)15/h3,5,7H,4H2,1-2H3,(H2,12,15). The molecule has 0 aliphatic rings. The van der Waals surface area contributed by atoms with Crippen LogP contribution in [0.25, 0.3) is 0 Å². The highest BCUT2D eigenvalue weighted by Gasteiger charge is 2.08. The van der Waals surface area contributed by atoms with Crippen LogP contribution in [0.15, 0.2) is 21.5 Å². The summed E-state index contributed by atoms with van der Waals surface area (Å²) < 4.78 is 2.53. The molecule has 0 radical (unpaired) electrons. The first kappa shape index (κ1) is 12.4. The van der Waals surface area contributed by atoms with E-state index in [4.69, 9.17) is 18.0 Å². The van der Waals surface area contributed by atoms with Gasteiger partial charge in [-0.05, 0) is 28.4 Å². The van der Waals surface area contributed by atoms with Crippen LogP contribution < -0.4 is 11.3 Å². The maximum Gasteiger partial charge on any atom is 0.250 e. The van der Waals surface area contributed by atoms with E-state index in [1.54, 1.807) is 16.8 Å². The van der Waals surface area contributed by atoms with Crippen molar-refractivity contribution in [1.82, 2.24) is 4.57 Å². The first-order valence-electron chi connectivity index (χ1n) is 4.57. The van der Waals surface area contributed by atoms with Gasteiger partial charge in [0.15, 0.2) is 0 Å². The molecule has 1 heterocycles. The Morgan fingerprint density at radius 2 is 2.33 bits per heavy atom. The van der Waals surface area contributed by atoms with Crippen molar-refractivity contribution >= 4 is 33.1 Å². The van der Waals surface area contributed by atoms with Gasteiger partial charge >= 0.3 is 0 Å². The molecule has 1 rings (SSSR count). The van der Waals surface area contributed by atoms with Gasteiger partial charge in [0.1, 0.15) is 0 Å². The highest BCUT2D eigenvalue weighted by molar-refractivity contribution is 9.10. The Kier molecular flexibility index (Phi) is 4.04. The second-order valence-corrected chi connectivity index (χ2v) is 4.92. The molecule has 82 valence electrons. The molecular weight excluding hydrogens is 276 g/mol. The first-order chi connectivity index (χ1) is 6.91. The molecule has 1 aromatic heterocycles. The molecule has 0 bridgehead atoms. The molecule has 1 aromatic rings. The van der Waals surface area contributed by atoms with Gasteiger partial charge in [0.25, 0.3) is 5.56 Å². The lowest BCUT2D eigenvalue weighted by molar-refractivity contribution is 0.579. The molecule has 15 heavy (non-hydrogen) atoms. The number of thiocarbonyl (C=S) groups is 1. The second kappa shape index (κ2) is 4.90. The van der Waals surface area contributed by atoms with Crippen LogP contribution >= 0.6 is 28.1 Å². The Hall–Kier alpha value is -0.680. The van der Waals surface area contributed by atoms with Gasteiger partial charge in [0.05, 0.1) is 4.99 Å².